The summed E-state index contributed by atoms with van der Waals surface area (Å²) in [6.45, 7) is 2.53. The summed E-state index contributed by atoms with van der Waals surface area (Å²) in [5.41, 5.74) is 11.5. The second-order valence-corrected chi connectivity index (χ2v) is 9.20. The monoisotopic (exact) mass is 515 g/mol. The van der Waals surface area contributed by atoms with Crippen molar-refractivity contribution in [3.8, 4) is 0 Å². The molecule has 3 aromatic rings. The van der Waals surface area contributed by atoms with E-state index in [4.69, 9.17) is 20.6 Å². The number of aromatic nitrogens is 1. The molecule has 0 aliphatic carbocycles. The fourth-order valence-corrected chi connectivity index (χ4v) is 4.73. The molecule has 0 radical (unpaired) electrons. The zero-order valence-electron chi connectivity index (χ0n) is 19.5. The molecule has 1 aliphatic rings. The molecule has 0 bridgehead atoms. The summed E-state index contributed by atoms with van der Waals surface area (Å²) in [4.78, 5) is 40.2. The number of benzene rings is 1. The number of halogens is 1. The average molecular weight is 516 g/mol. The maximum Gasteiger partial charge on any atom is 0.270 e. The van der Waals surface area contributed by atoms with Gasteiger partial charge in [-0.15, -0.1) is 0 Å². The van der Waals surface area contributed by atoms with Crippen molar-refractivity contribution in [1.29, 1.82) is 0 Å². The Morgan fingerprint density at radius 3 is 2.58 bits per heavy atom. The van der Waals surface area contributed by atoms with Gasteiger partial charge in [0.1, 0.15) is 22.2 Å². The lowest BCUT2D eigenvalue weighted by molar-refractivity contribution is -0.127. The Morgan fingerprint density at radius 2 is 2.00 bits per heavy atom. The quantitative estimate of drug-likeness (QED) is 0.396. The number of anilines is 1. The number of rotatable bonds is 9. The fourth-order valence-electron chi connectivity index (χ4n) is 3.97. The highest BCUT2D eigenvalue weighted by Crippen LogP contribution is 2.31. The third-order valence-electron chi connectivity index (χ3n) is 5.80. The lowest BCUT2D eigenvalue weighted by Crippen LogP contribution is -2.45. The van der Waals surface area contributed by atoms with Crippen LogP contribution in [0.5, 0.6) is 0 Å². The Labute approximate surface area is 210 Å². The van der Waals surface area contributed by atoms with Gasteiger partial charge < -0.3 is 30.8 Å². The van der Waals surface area contributed by atoms with Crippen molar-refractivity contribution in [3.05, 3.63) is 69.9 Å². The number of carbonyl (C=O) groups is 3. The summed E-state index contributed by atoms with van der Waals surface area (Å²) in [6.07, 6.45) is 1.60. The van der Waals surface area contributed by atoms with Gasteiger partial charge in [-0.3, -0.25) is 14.4 Å². The Morgan fingerprint density at radius 1 is 1.25 bits per heavy atom. The van der Waals surface area contributed by atoms with Crippen LogP contribution in [0.4, 0.5) is 10.1 Å². The molecule has 0 spiro atoms. The van der Waals surface area contributed by atoms with Gasteiger partial charge in [0.25, 0.3) is 17.7 Å². The summed E-state index contributed by atoms with van der Waals surface area (Å²) in [7, 11) is 0. The molecule has 4 rings (SSSR count). The molecule has 3 heterocycles. The van der Waals surface area contributed by atoms with E-state index in [1.54, 1.807) is 19.1 Å². The Hall–Kier alpha value is -3.77. The number of aryl methyl sites for hydroxylation is 1. The Bertz CT molecular complexity index is 1250. The summed E-state index contributed by atoms with van der Waals surface area (Å²) in [5.74, 6) is -1.69. The van der Waals surface area contributed by atoms with Crippen LogP contribution in [-0.4, -0.2) is 46.3 Å². The average Bonchev–Trinajstić information content (AvgIpc) is 3.60. The van der Waals surface area contributed by atoms with Crippen LogP contribution in [0.3, 0.4) is 0 Å². The third kappa shape index (κ3) is 5.55. The molecule has 1 saturated heterocycles. The first-order chi connectivity index (χ1) is 17.2. The van der Waals surface area contributed by atoms with Crippen LogP contribution in [-0.2, 0) is 16.1 Å². The number of amides is 3. The molecule has 2 atom stereocenters. The first-order valence-electron chi connectivity index (χ1n) is 11.3. The van der Waals surface area contributed by atoms with E-state index in [-0.39, 0.29) is 41.2 Å². The van der Waals surface area contributed by atoms with Gasteiger partial charge in [0.05, 0.1) is 11.8 Å². The zero-order chi connectivity index (χ0) is 25.8. The minimum atomic E-state index is -1.20. The number of furan rings is 1. The first-order valence-corrected chi connectivity index (χ1v) is 12.1. The van der Waals surface area contributed by atoms with Gasteiger partial charge in [0, 0.05) is 19.7 Å². The van der Waals surface area contributed by atoms with E-state index >= 15 is 0 Å². The van der Waals surface area contributed by atoms with E-state index in [1.165, 1.54) is 29.2 Å². The largest absolute Gasteiger partial charge is 0.464 e. The smallest absolute Gasteiger partial charge is 0.270 e. The number of ether oxygens (including phenoxy) is 1. The Kier molecular flexibility index (Phi) is 7.65. The normalized spacial score (nSPS) is 16.0. The molecule has 12 heteroatoms. The van der Waals surface area contributed by atoms with Gasteiger partial charge >= 0.3 is 0 Å². The topological polar surface area (TPSA) is 154 Å². The second-order valence-electron chi connectivity index (χ2n) is 8.43. The predicted octanol–water partition coefficient (Wildman–Crippen LogP) is 2.54. The SMILES string of the molecule is Cc1ccc([C@H](C(=O)NC[C@@H]2CCCO2)N(Cc2ccc(F)cc2)C(=O)c2snc(C(N)=O)c2N)o1. The lowest BCUT2D eigenvalue weighted by atomic mass is 10.1. The van der Waals surface area contributed by atoms with Crippen LogP contribution in [0.2, 0.25) is 0 Å². The van der Waals surface area contributed by atoms with E-state index < -0.39 is 29.6 Å². The van der Waals surface area contributed by atoms with E-state index in [0.717, 1.165) is 12.8 Å². The summed E-state index contributed by atoms with van der Waals surface area (Å²) in [5, 5.41) is 2.86. The van der Waals surface area contributed by atoms with Crippen molar-refractivity contribution in [2.45, 2.75) is 38.5 Å². The highest BCUT2D eigenvalue weighted by Gasteiger charge is 2.37. The number of nitrogen functional groups attached to an aromatic ring is 1. The highest BCUT2D eigenvalue weighted by molar-refractivity contribution is 7.09. The van der Waals surface area contributed by atoms with Crippen molar-refractivity contribution < 1.29 is 27.9 Å². The van der Waals surface area contributed by atoms with Gasteiger partial charge in [0.15, 0.2) is 11.7 Å². The zero-order valence-corrected chi connectivity index (χ0v) is 20.3. The molecule has 190 valence electrons. The number of primary amides is 1. The number of nitrogens with zero attached hydrogens (tertiary/aromatic N) is 2. The van der Waals surface area contributed by atoms with E-state index in [2.05, 4.69) is 9.69 Å². The summed E-state index contributed by atoms with van der Waals surface area (Å²) < 4.78 is 28.8. The Balaban J connectivity index is 1.73. The van der Waals surface area contributed by atoms with Crippen molar-refractivity contribution in [2.75, 3.05) is 18.9 Å². The highest BCUT2D eigenvalue weighted by atomic mass is 32.1. The lowest BCUT2D eigenvalue weighted by Gasteiger charge is -2.30. The van der Waals surface area contributed by atoms with E-state index in [0.29, 0.717) is 29.5 Å². The van der Waals surface area contributed by atoms with Crippen molar-refractivity contribution in [1.82, 2.24) is 14.6 Å². The third-order valence-corrected chi connectivity index (χ3v) is 6.65. The fraction of sp³-hybridized carbons (Fsp3) is 0.333. The van der Waals surface area contributed by atoms with E-state index in [1.807, 2.05) is 0 Å². The van der Waals surface area contributed by atoms with Crippen LogP contribution >= 0.6 is 11.5 Å². The molecule has 1 fully saturated rings. The van der Waals surface area contributed by atoms with E-state index in [9.17, 15) is 18.8 Å². The standard InChI is InChI=1S/C24H26FN5O5S/c1-13-4-9-17(35-13)20(23(32)28-11-16-3-2-10-34-16)30(12-14-5-7-15(25)8-6-14)24(33)21-18(26)19(22(27)31)29-36-21/h4-9,16,20H,2-3,10-12,26H2,1H3,(H2,27,31)(H,28,32)/t16-,20+/m0/s1. The van der Waals surface area contributed by atoms with Crippen LogP contribution < -0.4 is 16.8 Å². The van der Waals surface area contributed by atoms with Crippen molar-refractivity contribution in [3.63, 3.8) is 0 Å². The van der Waals surface area contributed by atoms with Crippen molar-refractivity contribution in [2.24, 2.45) is 5.73 Å². The van der Waals surface area contributed by atoms with Gasteiger partial charge in [-0.25, -0.2) is 4.39 Å². The molecular weight excluding hydrogens is 489 g/mol. The number of carbonyl (C=O) groups excluding carboxylic acids is 3. The summed E-state index contributed by atoms with van der Waals surface area (Å²) in [6, 6.07) is 7.63. The summed E-state index contributed by atoms with van der Waals surface area (Å²) >= 11 is 0.708. The maximum absolute atomic E-state index is 13.8. The van der Waals surface area contributed by atoms with Crippen LogP contribution in [0, 0.1) is 12.7 Å². The molecule has 1 aromatic carbocycles. The maximum atomic E-state index is 13.8. The minimum Gasteiger partial charge on any atom is -0.464 e. The molecule has 3 amide bonds. The number of nitrogens with one attached hydrogen (secondary N) is 1. The molecule has 36 heavy (non-hydrogen) atoms. The second kappa shape index (κ2) is 10.9. The van der Waals surface area contributed by atoms with Crippen LogP contribution in [0.1, 0.15) is 56.1 Å². The van der Waals surface area contributed by atoms with Crippen LogP contribution in [0.15, 0.2) is 40.8 Å². The number of hydrogen-bond donors (Lipinski definition) is 3. The van der Waals surface area contributed by atoms with Gasteiger partial charge in [-0.1, -0.05) is 12.1 Å². The van der Waals surface area contributed by atoms with Gasteiger partial charge in [0.2, 0.25) is 0 Å². The predicted molar refractivity (Wildman–Crippen MR) is 129 cm³/mol. The molecule has 5 N–H and O–H groups in total. The molecular formula is C24H26FN5O5S. The first kappa shape index (κ1) is 25.3. The molecule has 1 aliphatic heterocycles. The molecule has 0 unspecified atom stereocenters. The van der Waals surface area contributed by atoms with Crippen LogP contribution in [0.25, 0.3) is 0 Å². The molecule has 0 saturated carbocycles. The van der Waals surface area contributed by atoms with Crippen molar-refractivity contribution >= 4 is 34.9 Å². The number of nitrogens with two attached hydrogens (primary N) is 2. The molecule has 2 aromatic heterocycles. The molecule has 10 nitrogen and oxygen atoms in total. The van der Waals surface area contributed by atoms with Gasteiger partial charge in [-0.05, 0) is 61.1 Å². The van der Waals surface area contributed by atoms with Gasteiger partial charge in [-0.2, -0.15) is 4.37 Å². The minimum absolute atomic E-state index is 0.0499. The number of hydrogen-bond acceptors (Lipinski definition) is 8.